The van der Waals surface area contributed by atoms with Crippen LogP contribution in [0.3, 0.4) is 0 Å². The van der Waals surface area contributed by atoms with Gasteiger partial charge in [-0.2, -0.15) is 0 Å². The number of benzene rings is 1. The van der Waals surface area contributed by atoms with Crippen molar-refractivity contribution in [2.24, 2.45) is 5.73 Å². The molecule has 0 spiro atoms. The lowest BCUT2D eigenvalue weighted by atomic mass is 10.1. The van der Waals surface area contributed by atoms with Gasteiger partial charge in [0.25, 0.3) is 0 Å². The number of hydrogen-bond donors (Lipinski definition) is 1. The third kappa shape index (κ3) is 2.56. The molecule has 15 heavy (non-hydrogen) atoms. The van der Waals surface area contributed by atoms with Crippen molar-refractivity contribution in [3.05, 3.63) is 35.4 Å². The standard InChI is InChI=1S/C12H17NO2/c1-9-2-4-10(5-3-9)12-14-8-11(15-12)6-7-13/h2-5,11-12H,6-8,13H2,1H3. The summed E-state index contributed by atoms with van der Waals surface area (Å²) in [5, 5.41) is 0. The van der Waals surface area contributed by atoms with Crippen LogP contribution in [-0.2, 0) is 9.47 Å². The summed E-state index contributed by atoms with van der Waals surface area (Å²) < 4.78 is 11.3. The highest BCUT2D eigenvalue weighted by molar-refractivity contribution is 5.22. The number of aryl methyl sites for hydroxylation is 1. The topological polar surface area (TPSA) is 44.5 Å². The fourth-order valence-electron chi connectivity index (χ4n) is 1.68. The zero-order valence-electron chi connectivity index (χ0n) is 8.98. The third-order valence-corrected chi connectivity index (χ3v) is 2.59. The van der Waals surface area contributed by atoms with E-state index in [1.54, 1.807) is 0 Å². The summed E-state index contributed by atoms with van der Waals surface area (Å²) in [6, 6.07) is 8.23. The minimum atomic E-state index is -0.206. The van der Waals surface area contributed by atoms with Crippen molar-refractivity contribution in [2.45, 2.75) is 25.7 Å². The first-order chi connectivity index (χ1) is 7.29. The van der Waals surface area contributed by atoms with E-state index in [4.69, 9.17) is 15.2 Å². The first-order valence-electron chi connectivity index (χ1n) is 5.33. The van der Waals surface area contributed by atoms with Gasteiger partial charge in [0.2, 0.25) is 0 Å². The second-order valence-electron chi connectivity index (χ2n) is 3.91. The lowest BCUT2D eigenvalue weighted by Crippen LogP contribution is -2.15. The molecule has 1 aliphatic heterocycles. The van der Waals surface area contributed by atoms with Crippen LogP contribution in [0.15, 0.2) is 24.3 Å². The Balaban J connectivity index is 1.98. The minimum absolute atomic E-state index is 0.154. The van der Waals surface area contributed by atoms with E-state index in [1.165, 1.54) is 5.56 Å². The number of hydrogen-bond acceptors (Lipinski definition) is 3. The van der Waals surface area contributed by atoms with Crippen LogP contribution in [0.2, 0.25) is 0 Å². The molecule has 0 aliphatic carbocycles. The van der Waals surface area contributed by atoms with Crippen molar-refractivity contribution in [2.75, 3.05) is 13.2 Å². The van der Waals surface area contributed by atoms with Gasteiger partial charge < -0.3 is 15.2 Å². The van der Waals surface area contributed by atoms with Crippen molar-refractivity contribution in [1.29, 1.82) is 0 Å². The largest absolute Gasteiger partial charge is 0.346 e. The molecule has 1 aromatic rings. The molecule has 2 atom stereocenters. The van der Waals surface area contributed by atoms with Crippen LogP contribution in [0, 0.1) is 6.92 Å². The molecule has 0 bridgehead atoms. The van der Waals surface area contributed by atoms with Gasteiger partial charge in [0.1, 0.15) is 0 Å². The van der Waals surface area contributed by atoms with E-state index in [-0.39, 0.29) is 12.4 Å². The second-order valence-corrected chi connectivity index (χ2v) is 3.91. The van der Waals surface area contributed by atoms with Crippen LogP contribution >= 0.6 is 0 Å². The van der Waals surface area contributed by atoms with Gasteiger partial charge in [0.15, 0.2) is 6.29 Å². The second kappa shape index (κ2) is 4.75. The van der Waals surface area contributed by atoms with E-state index in [9.17, 15) is 0 Å². The van der Waals surface area contributed by atoms with Crippen molar-refractivity contribution < 1.29 is 9.47 Å². The molecule has 82 valence electrons. The molecule has 1 aliphatic rings. The zero-order chi connectivity index (χ0) is 10.7. The molecule has 3 nitrogen and oxygen atoms in total. The Morgan fingerprint density at radius 2 is 2.07 bits per heavy atom. The minimum Gasteiger partial charge on any atom is -0.346 e. The molecule has 0 radical (unpaired) electrons. The van der Waals surface area contributed by atoms with E-state index in [0.29, 0.717) is 13.2 Å². The zero-order valence-corrected chi connectivity index (χ0v) is 8.98. The van der Waals surface area contributed by atoms with Gasteiger partial charge in [-0.15, -0.1) is 0 Å². The van der Waals surface area contributed by atoms with E-state index in [2.05, 4.69) is 19.1 Å². The predicted molar refractivity (Wildman–Crippen MR) is 58.4 cm³/mol. The van der Waals surface area contributed by atoms with Crippen LogP contribution in [0.5, 0.6) is 0 Å². The van der Waals surface area contributed by atoms with Gasteiger partial charge >= 0.3 is 0 Å². The number of rotatable bonds is 3. The van der Waals surface area contributed by atoms with E-state index in [0.717, 1.165) is 12.0 Å². The Hall–Kier alpha value is -0.900. The van der Waals surface area contributed by atoms with Gasteiger partial charge in [0.05, 0.1) is 12.7 Å². The normalized spacial score (nSPS) is 25.7. The van der Waals surface area contributed by atoms with Crippen molar-refractivity contribution >= 4 is 0 Å². The molecule has 2 N–H and O–H groups in total. The summed E-state index contributed by atoms with van der Waals surface area (Å²) in [7, 11) is 0. The van der Waals surface area contributed by atoms with Gasteiger partial charge in [0, 0.05) is 5.56 Å². The van der Waals surface area contributed by atoms with Crippen LogP contribution in [0.1, 0.15) is 23.8 Å². The first-order valence-corrected chi connectivity index (χ1v) is 5.33. The monoisotopic (exact) mass is 207 g/mol. The Kier molecular flexibility index (Phi) is 3.36. The smallest absolute Gasteiger partial charge is 0.184 e. The van der Waals surface area contributed by atoms with Crippen LogP contribution in [0.25, 0.3) is 0 Å². The summed E-state index contributed by atoms with van der Waals surface area (Å²) in [5.74, 6) is 0. The highest BCUT2D eigenvalue weighted by Crippen LogP contribution is 2.27. The highest BCUT2D eigenvalue weighted by atomic mass is 16.7. The van der Waals surface area contributed by atoms with Gasteiger partial charge in [-0.05, 0) is 19.9 Å². The molecule has 0 aromatic heterocycles. The summed E-state index contributed by atoms with van der Waals surface area (Å²) in [5.41, 5.74) is 7.81. The van der Waals surface area contributed by atoms with Crippen LogP contribution in [0.4, 0.5) is 0 Å². The molecule has 1 heterocycles. The highest BCUT2D eigenvalue weighted by Gasteiger charge is 2.26. The summed E-state index contributed by atoms with van der Waals surface area (Å²) in [4.78, 5) is 0. The first kappa shape index (κ1) is 10.6. The Morgan fingerprint density at radius 3 is 2.73 bits per heavy atom. The third-order valence-electron chi connectivity index (χ3n) is 2.59. The fourth-order valence-corrected chi connectivity index (χ4v) is 1.68. The van der Waals surface area contributed by atoms with E-state index in [1.807, 2.05) is 12.1 Å². The average molecular weight is 207 g/mol. The molecule has 0 amide bonds. The molecule has 1 aromatic carbocycles. The summed E-state index contributed by atoms with van der Waals surface area (Å²) in [6.45, 7) is 3.36. The average Bonchev–Trinajstić information content (AvgIpc) is 2.68. The molecule has 0 saturated carbocycles. The molecule has 1 fully saturated rings. The summed E-state index contributed by atoms with van der Waals surface area (Å²) >= 11 is 0. The van der Waals surface area contributed by atoms with Crippen molar-refractivity contribution in [1.82, 2.24) is 0 Å². The van der Waals surface area contributed by atoms with Gasteiger partial charge in [-0.25, -0.2) is 0 Å². The lowest BCUT2D eigenvalue weighted by Gasteiger charge is -2.11. The van der Waals surface area contributed by atoms with Crippen LogP contribution < -0.4 is 5.73 Å². The summed E-state index contributed by atoms with van der Waals surface area (Å²) in [6.07, 6.45) is 0.811. The predicted octanol–water partition coefficient (Wildman–Crippen LogP) is 1.76. The molecule has 2 unspecified atom stereocenters. The maximum absolute atomic E-state index is 5.73. The number of ether oxygens (including phenoxy) is 2. The van der Waals surface area contributed by atoms with E-state index >= 15 is 0 Å². The van der Waals surface area contributed by atoms with Crippen molar-refractivity contribution in [3.63, 3.8) is 0 Å². The van der Waals surface area contributed by atoms with Crippen LogP contribution in [-0.4, -0.2) is 19.3 Å². The molecule has 3 heteroatoms. The Morgan fingerprint density at radius 1 is 1.33 bits per heavy atom. The molecular weight excluding hydrogens is 190 g/mol. The molecular formula is C12H17NO2. The fraction of sp³-hybridized carbons (Fsp3) is 0.500. The quantitative estimate of drug-likeness (QED) is 0.821. The maximum Gasteiger partial charge on any atom is 0.184 e. The van der Waals surface area contributed by atoms with Gasteiger partial charge in [-0.3, -0.25) is 0 Å². The maximum atomic E-state index is 5.73. The number of nitrogens with two attached hydrogens (primary N) is 1. The Bertz CT molecular complexity index is 310. The molecule has 1 saturated heterocycles. The molecule has 2 rings (SSSR count). The van der Waals surface area contributed by atoms with E-state index < -0.39 is 0 Å². The van der Waals surface area contributed by atoms with Crippen molar-refractivity contribution in [3.8, 4) is 0 Å². The lowest BCUT2D eigenvalue weighted by molar-refractivity contribution is -0.0607. The Labute approximate surface area is 90.2 Å². The van der Waals surface area contributed by atoms with Gasteiger partial charge in [-0.1, -0.05) is 29.8 Å². The SMILES string of the molecule is Cc1ccc(C2OCC(CCN)O2)cc1.